The lowest BCUT2D eigenvalue weighted by molar-refractivity contribution is -0.137. The summed E-state index contributed by atoms with van der Waals surface area (Å²) in [5.74, 6) is 0.732. The van der Waals surface area contributed by atoms with Crippen LogP contribution >= 0.6 is 23.2 Å². The van der Waals surface area contributed by atoms with E-state index in [-0.39, 0.29) is 5.84 Å². The molecule has 0 radical (unpaired) electrons. The Bertz CT molecular complexity index is 1210. The summed E-state index contributed by atoms with van der Waals surface area (Å²) in [4.78, 5) is 16.9. The summed E-state index contributed by atoms with van der Waals surface area (Å²) < 4.78 is 11.3. The second-order valence-corrected chi connectivity index (χ2v) is 7.81. The number of rotatable bonds is 8. The Morgan fingerprint density at radius 3 is 2.58 bits per heavy atom. The smallest absolute Gasteiger partial charge is 0.358 e. The molecule has 0 saturated carbocycles. The third-order valence-electron chi connectivity index (χ3n) is 4.63. The van der Waals surface area contributed by atoms with Crippen molar-refractivity contribution in [1.82, 2.24) is 0 Å². The number of hydrogen-bond acceptors (Lipinski definition) is 5. The summed E-state index contributed by atoms with van der Waals surface area (Å²) in [6.45, 7) is 2.29. The normalized spacial score (nSPS) is 11.5. The average molecular weight is 485 g/mol. The number of aryl methyl sites for hydroxylation is 1. The van der Waals surface area contributed by atoms with E-state index in [1.165, 1.54) is 12.1 Å². The van der Waals surface area contributed by atoms with Crippen molar-refractivity contribution in [3.63, 3.8) is 0 Å². The predicted octanol–water partition coefficient (Wildman–Crippen LogP) is 5.77. The van der Waals surface area contributed by atoms with Gasteiger partial charge in [0.2, 0.25) is 0 Å². The molecule has 0 fully saturated rings. The van der Waals surface area contributed by atoms with Crippen LogP contribution in [-0.4, -0.2) is 18.9 Å². The van der Waals surface area contributed by atoms with E-state index in [2.05, 4.69) is 5.16 Å². The quantitative estimate of drug-likeness (QED) is 0.144. The molecule has 0 aliphatic carbocycles. The number of amidine groups is 1. The van der Waals surface area contributed by atoms with Crippen LogP contribution in [0.4, 0.5) is 0 Å². The largest absolute Gasteiger partial charge is 0.496 e. The minimum atomic E-state index is -0.698. The second-order valence-electron chi connectivity index (χ2n) is 6.97. The summed E-state index contributed by atoms with van der Waals surface area (Å²) in [5.41, 5.74) is 8.87. The molecular weight excluding hydrogens is 463 g/mol. The summed E-state index contributed by atoms with van der Waals surface area (Å²) >= 11 is 11.9. The molecule has 0 bridgehead atoms. The van der Waals surface area contributed by atoms with Gasteiger partial charge in [-0.15, -0.1) is 0 Å². The van der Waals surface area contributed by atoms with Crippen LogP contribution in [0.25, 0.3) is 6.08 Å². The SMILES string of the molecule is COc1ccc(/C=C\C(=O)O/N=C(\N)c2ccc(Cl)cc2Cl)cc1COc1ccccc1C. The van der Waals surface area contributed by atoms with E-state index in [9.17, 15) is 4.79 Å². The third-order valence-corrected chi connectivity index (χ3v) is 5.18. The van der Waals surface area contributed by atoms with E-state index < -0.39 is 5.97 Å². The fourth-order valence-electron chi connectivity index (χ4n) is 2.92. The molecule has 0 heterocycles. The van der Waals surface area contributed by atoms with Gasteiger partial charge in [0.25, 0.3) is 0 Å². The molecule has 3 aromatic carbocycles. The van der Waals surface area contributed by atoms with E-state index >= 15 is 0 Å². The number of carbonyl (C=O) groups is 1. The molecule has 0 unspecified atom stereocenters. The second kappa shape index (κ2) is 11.4. The minimum Gasteiger partial charge on any atom is -0.496 e. The van der Waals surface area contributed by atoms with E-state index in [1.54, 1.807) is 31.4 Å². The molecule has 0 amide bonds. The molecule has 0 aliphatic heterocycles. The predicted molar refractivity (Wildman–Crippen MR) is 131 cm³/mol. The molecule has 0 atom stereocenters. The van der Waals surface area contributed by atoms with Crippen molar-refractivity contribution < 1.29 is 19.1 Å². The molecule has 33 heavy (non-hydrogen) atoms. The number of nitrogens with two attached hydrogens (primary N) is 1. The zero-order valence-corrected chi connectivity index (χ0v) is 19.6. The molecule has 2 N–H and O–H groups in total. The number of methoxy groups -OCH3 is 1. The molecule has 170 valence electrons. The highest BCUT2D eigenvalue weighted by atomic mass is 35.5. The lowest BCUT2D eigenvalue weighted by Crippen LogP contribution is -2.15. The minimum absolute atomic E-state index is 0.0431. The average Bonchev–Trinajstić information content (AvgIpc) is 2.80. The Hall–Kier alpha value is -3.48. The Balaban J connectivity index is 1.66. The van der Waals surface area contributed by atoms with Crippen LogP contribution in [0.2, 0.25) is 10.0 Å². The van der Waals surface area contributed by atoms with Crippen LogP contribution in [0, 0.1) is 6.92 Å². The highest BCUT2D eigenvalue weighted by molar-refractivity contribution is 6.36. The molecular formula is C25H22Cl2N2O4. The first-order chi connectivity index (χ1) is 15.9. The van der Waals surface area contributed by atoms with Gasteiger partial charge in [-0.3, -0.25) is 0 Å². The highest BCUT2D eigenvalue weighted by Crippen LogP contribution is 2.24. The Morgan fingerprint density at radius 1 is 1.06 bits per heavy atom. The Morgan fingerprint density at radius 2 is 1.85 bits per heavy atom. The van der Waals surface area contributed by atoms with Crippen LogP contribution in [0.15, 0.2) is 71.9 Å². The van der Waals surface area contributed by atoms with Crippen molar-refractivity contribution in [3.05, 3.63) is 99.0 Å². The number of oxime groups is 1. The van der Waals surface area contributed by atoms with Crippen LogP contribution in [-0.2, 0) is 16.2 Å². The van der Waals surface area contributed by atoms with E-state index in [4.69, 9.17) is 43.2 Å². The first-order valence-electron chi connectivity index (χ1n) is 9.90. The van der Waals surface area contributed by atoms with Gasteiger partial charge in [-0.2, -0.15) is 0 Å². The van der Waals surface area contributed by atoms with Gasteiger partial charge >= 0.3 is 5.97 Å². The molecule has 6 nitrogen and oxygen atoms in total. The molecule has 0 saturated heterocycles. The number of halogens is 2. The molecule has 0 spiro atoms. The number of para-hydroxylation sites is 1. The van der Waals surface area contributed by atoms with Gasteiger partial charge < -0.3 is 20.0 Å². The van der Waals surface area contributed by atoms with E-state index in [0.29, 0.717) is 28.0 Å². The third kappa shape index (κ3) is 6.75. The molecule has 0 aromatic heterocycles. The summed E-state index contributed by atoms with van der Waals surface area (Å²) in [7, 11) is 1.59. The maximum atomic E-state index is 12.1. The number of ether oxygens (including phenoxy) is 2. The van der Waals surface area contributed by atoms with Crippen molar-refractivity contribution in [3.8, 4) is 11.5 Å². The Kier molecular flexibility index (Phi) is 8.35. The van der Waals surface area contributed by atoms with Gasteiger partial charge in [-0.05, 0) is 60.5 Å². The zero-order chi connectivity index (χ0) is 23.8. The monoisotopic (exact) mass is 484 g/mol. The van der Waals surface area contributed by atoms with Gasteiger partial charge in [-0.25, -0.2) is 4.79 Å². The standard InChI is InChI=1S/C25H22Cl2N2O4/c1-16-5-3-4-6-22(16)32-15-18-13-17(7-11-23(18)31-2)8-12-24(30)33-29-25(28)20-10-9-19(26)14-21(20)27/h3-14H,15H2,1-2H3,(H2,28,29)/b12-8-. The summed E-state index contributed by atoms with van der Waals surface area (Å²) in [5, 5.41) is 4.40. The lowest BCUT2D eigenvalue weighted by Gasteiger charge is -2.12. The van der Waals surface area contributed by atoms with Crippen LogP contribution in [0.1, 0.15) is 22.3 Å². The van der Waals surface area contributed by atoms with Gasteiger partial charge in [0, 0.05) is 22.2 Å². The summed E-state index contributed by atoms with van der Waals surface area (Å²) in [6.07, 6.45) is 2.84. The maximum absolute atomic E-state index is 12.1. The van der Waals surface area contributed by atoms with Gasteiger partial charge in [-0.1, -0.05) is 52.6 Å². The number of carbonyl (C=O) groups excluding carboxylic acids is 1. The maximum Gasteiger partial charge on any atom is 0.358 e. The van der Waals surface area contributed by atoms with Crippen LogP contribution < -0.4 is 15.2 Å². The first kappa shape index (κ1) is 24.2. The van der Waals surface area contributed by atoms with Gasteiger partial charge in [0.05, 0.1) is 12.1 Å². The van der Waals surface area contributed by atoms with Crippen molar-refractivity contribution in [1.29, 1.82) is 0 Å². The topological polar surface area (TPSA) is 83.1 Å². The molecule has 0 aliphatic rings. The van der Waals surface area contributed by atoms with Gasteiger partial charge in [0.1, 0.15) is 18.1 Å². The van der Waals surface area contributed by atoms with E-state index in [0.717, 1.165) is 22.4 Å². The van der Waals surface area contributed by atoms with Crippen molar-refractivity contribution in [2.45, 2.75) is 13.5 Å². The summed E-state index contributed by atoms with van der Waals surface area (Å²) in [6, 6.07) is 18.0. The molecule has 3 aromatic rings. The van der Waals surface area contributed by atoms with Crippen molar-refractivity contribution in [2.24, 2.45) is 10.9 Å². The van der Waals surface area contributed by atoms with Crippen molar-refractivity contribution >= 4 is 41.1 Å². The molecule has 3 rings (SSSR count). The zero-order valence-electron chi connectivity index (χ0n) is 18.0. The van der Waals surface area contributed by atoms with E-state index in [1.807, 2.05) is 43.3 Å². The number of hydrogen-bond donors (Lipinski definition) is 1. The van der Waals surface area contributed by atoms with Crippen LogP contribution in [0.3, 0.4) is 0 Å². The van der Waals surface area contributed by atoms with Crippen LogP contribution in [0.5, 0.6) is 11.5 Å². The first-order valence-corrected chi connectivity index (χ1v) is 10.7. The molecule has 8 heteroatoms. The Labute approximate surface area is 202 Å². The van der Waals surface area contributed by atoms with Crippen molar-refractivity contribution in [2.75, 3.05) is 7.11 Å². The fraction of sp³-hybridized carbons (Fsp3) is 0.120. The highest BCUT2D eigenvalue weighted by Gasteiger charge is 2.08. The van der Waals surface area contributed by atoms with Gasteiger partial charge in [0.15, 0.2) is 5.84 Å². The lowest BCUT2D eigenvalue weighted by atomic mass is 10.1. The number of nitrogens with zero attached hydrogens (tertiary/aromatic N) is 1. The number of benzene rings is 3. The fourth-order valence-corrected chi connectivity index (χ4v) is 3.43.